The van der Waals surface area contributed by atoms with E-state index < -0.39 is 10.0 Å². The minimum absolute atomic E-state index is 0.0552. The number of hydrogen-bond acceptors (Lipinski definition) is 4. The zero-order chi connectivity index (χ0) is 14.9. The predicted molar refractivity (Wildman–Crippen MR) is 75.4 cm³/mol. The van der Waals surface area contributed by atoms with E-state index in [4.69, 9.17) is 4.74 Å². The topological polar surface area (TPSA) is 75.7 Å². The van der Waals surface area contributed by atoms with E-state index in [0.717, 1.165) is 0 Å². The van der Waals surface area contributed by atoms with Crippen LogP contribution in [-0.4, -0.2) is 34.0 Å². The molecule has 1 aromatic carbocycles. The second-order valence-electron chi connectivity index (χ2n) is 4.62. The Morgan fingerprint density at radius 3 is 2.80 bits per heavy atom. The summed E-state index contributed by atoms with van der Waals surface area (Å²) in [4.78, 5) is 13.7. The molecule has 0 spiro atoms. The van der Waals surface area contributed by atoms with Gasteiger partial charge in [0, 0.05) is 6.42 Å². The molecule has 1 unspecified atom stereocenters. The van der Waals surface area contributed by atoms with Gasteiger partial charge >= 0.3 is 0 Å². The number of nitrogens with one attached hydrogen (secondary N) is 1. The average molecular weight is 298 g/mol. The number of anilines is 1. The summed E-state index contributed by atoms with van der Waals surface area (Å²) in [5.41, 5.74) is 0.506. The van der Waals surface area contributed by atoms with E-state index in [1.807, 2.05) is 6.92 Å². The molecule has 0 saturated heterocycles. The molecule has 0 saturated carbocycles. The molecule has 7 heteroatoms. The Kier molecular flexibility index (Phi) is 4.01. The highest BCUT2D eigenvalue weighted by Gasteiger charge is 2.28. The molecule has 2 rings (SSSR count). The summed E-state index contributed by atoms with van der Waals surface area (Å²) >= 11 is 0. The molecule has 1 aromatic rings. The van der Waals surface area contributed by atoms with Gasteiger partial charge in [-0.3, -0.25) is 4.79 Å². The van der Waals surface area contributed by atoms with E-state index in [9.17, 15) is 13.2 Å². The number of nitrogens with zero attached hydrogens (tertiary/aromatic N) is 1. The largest absolute Gasteiger partial charge is 0.487 e. The highest BCUT2D eigenvalue weighted by molar-refractivity contribution is 7.89. The van der Waals surface area contributed by atoms with E-state index in [0.29, 0.717) is 24.4 Å². The lowest BCUT2D eigenvalue weighted by Crippen LogP contribution is -2.42. The van der Waals surface area contributed by atoms with E-state index >= 15 is 0 Å². The first-order valence-electron chi connectivity index (χ1n) is 6.43. The Morgan fingerprint density at radius 1 is 1.50 bits per heavy atom. The van der Waals surface area contributed by atoms with Gasteiger partial charge < -0.3 is 9.64 Å². The van der Waals surface area contributed by atoms with Crippen LogP contribution in [0, 0.1) is 0 Å². The van der Waals surface area contributed by atoms with Crippen molar-refractivity contribution in [2.75, 3.05) is 18.5 Å². The lowest BCUT2D eigenvalue weighted by molar-refractivity contribution is -0.118. The first-order chi connectivity index (χ1) is 9.39. The maximum atomic E-state index is 12.0. The number of amides is 1. The number of carbonyl (C=O) groups excluding carboxylic acids is 1. The van der Waals surface area contributed by atoms with E-state index in [1.54, 1.807) is 17.9 Å². The van der Waals surface area contributed by atoms with Gasteiger partial charge in [0.15, 0.2) is 0 Å². The zero-order valence-corrected chi connectivity index (χ0v) is 12.5. The smallest absolute Gasteiger partial charge is 0.240 e. The van der Waals surface area contributed by atoms with Gasteiger partial charge in [0.1, 0.15) is 11.9 Å². The lowest BCUT2D eigenvalue weighted by atomic mass is 10.2. The molecule has 0 radical (unpaired) electrons. The van der Waals surface area contributed by atoms with Gasteiger partial charge in [-0.2, -0.15) is 0 Å². The van der Waals surface area contributed by atoms with Gasteiger partial charge in [-0.05, 0) is 32.2 Å². The second kappa shape index (κ2) is 5.41. The first-order valence-corrected chi connectivity index (χ1v) is 7.92. The molecule has 0 bridgehead atoms. The maximum absolute atomic E-state index is 12.0. The third kappa shape index (κ3) is 2.64. The first kappa shape index (κ1) is 14.8. The summed E-state index contributed by atoms with van der Waals surface area (Å²) < 4.78 is 31.6. The van der Waals surface area contributed by atoms with Crippen LogP contribution in [0.1, 0.15) is 20.3 Å². The molecule has 0 aromatic heterocycles. The minimum Gasteiger partial charge on any atom is -0.487 e. The minimum atomic E-state index is -3.54. The van der Waals surface area contributed by atoms with Gasteiger partial charge in [-0.15, -0.1) is 0 Å². The summed E-state index contributed by atoms with van der Waals surface area (Å²) in [5.74, 6) is 0.473. The van der Waals surface area contributed by atoms with Crippen molar-refractivity contribution in [3.8, 4) is 5.75 Å². The highest BCUT2D eigenvalue weighted by atomic mass is 32.2. The van der Waals surface area contributed by atoms with Crippen LogP contribution in [-0.2, 0) is 14.8 Å². The SMILES string of the molecule is CCC(=O)N1CC(C)Oc2ccc(S(=O)(=O)NC)cc21. The molecule has 1 N–H and O–H groups in total. The quantitative estimate of drug-likeness (QED) is 0.907. The maximum Gasteiger partial charge on any atom is 0.240 e. The summed E-state index contributed by atoms with van der Waals surface area (Å²) in [5, 5.41) is 0. The molecule has 0 fully saturated rings. The standard InChI is InChI=1S/C13H18N2O4S/c1-4-13(16)15-8-9(2)19-12-6-5-10(7-11(12)15)20(17,18)14-3/h5-7,9,14H,4,8H2,1-3H3. The normalized spacial score (nSPS) is 18.4. The highest BCUT2D eigenvalue weighted by Crippen LogP contribution is 2.35. The number of sulfonamides is 1. The Labute approximate surface area is 118 Å². The number of ether oxygens (including phenoxy) is 1. The van der Waals surface area contributed by atoms with Crippen LogP contribution < -0.4 is 14.4 Å². The van der Waals surface area contributed by atoms with Crippen LogP contribution >= 0.6 is 0 Å². The van der Waals surface area contributed by atoms with E-state index in [1.165, 1.54) is 19.2 Å². The van der Waals surface area contributed by atoms with Crippen LogP contribution in [0.5, 0.6) is 5.75 Å². The predicted octanol–water partition coefficient (Wildman–Crippen LogP) is 1.12. The summed E-state index contributed by atoms with van der Waals surface area (Å²) in [7, 11) is -2.20. The van der Waals surface area contributed by atoms with Crippen molar-refractivity contribution < 1.29 is 17.9 Å². The summed E-state index contributed by atoms with van der Waals surface area (Å²) in [6.45, 7) is 4.07. The Hall–Kier alpha value is -1.60. The van der Waals surface area contributed by atoms with Crippen molar-refractivity contribution in [2.24, 2.45) is 0 Å². The van der Waals surface area contributed by atoms with Crippen LogP contribution in [0.4, 0.5) is 5.69 Å². The van der Waals surface area contributed by atoms with E-state index in [-0.39, 0.29) is 16.9 Å². The van der Waals surface area contributed by atoms with Crippen LogP contribution in [0.25, 0.3) is 0 Å². The van der Waals surface area contributed by atoms with Crippen molar-refractivity contribution in [1.82, 2.24) is 4.72 Å². The number of carbonyl (C=O) groups is 1. The molecule has 1 aliphatic heterocycles. The van der Waals surface area contributed by atoms with Gasteiger partial charge in [0.25, 0.3) is 0 Å². The number of benzene rings is 1. The van der Waals surface area contributed by atoms with Crippen LogP contribution in [0.3, 0.4) is 0 Å². The molecule has 110 valence electrons. The van der Waals surface area contributed by atoms with E-state index in [2.05, 4.69) is 4.72 Å². The number of fused-ring (bicyclic) bond motifs is 1. The average Bonchev–Trinajstić information content (AvgIpc) is 2.44. The van der Waals surface area contributed by atoms with Crippen LogP contribution in [0.15, 0.2) is 23.1 Å². The molecule has 0 aliphatic carbocycles. The Morgan fingerprint density at radius 2 is 2.20 bits per heavy atom. The Bertz CT molecular complexity index is 627. The Balaban J connectivity index is 2.52. The fraction of sp³-hybridized carbons (Fsp3) is 0.462. The fourth-order valence-corrected chi connectivity index (χ4v) is 2.88. The summed E-state index contributed by atoms with van der Waals surface area (Å²) in [6, 6.07) is 4.53. The molecular weight excluding hydrogens is 280 g/mol. The third-order valence-corrected chi connectivity index (χ3v) is 4.58. The lowest BCUT2D eigenvalue weighted by Gasteiger charge is -2.33. The molecular formula is C13H18N2O4S. The molecule has 20 heavy (non-hydrogen) atoms. The molecule has 1 atom stereocenters. The molecule has 6 nitrogen and oxygen atoms in total. The zero-order valence-electron chi connectivity index (χ0n) is 11.7. The van der Waals surface area contributed by atoms with Gasteiger partial charge in [-0.1, -0.05) is 6.92 Å². The summed E-state index contributed by atoms with van der Waals surface area (Å²) in [6.07, 6.45) is 0.236. The van der Waals surface area contributed by atoms with Crippen molar-refractivity contribution in [3.63, 3.8) is 0 Å². The second-order valence-corrected chi connectivity index (χ2v) is 6.51. The van der Waals surface area contributed by atoms with Crippen molar-refractivity contribution >= 4 is 21.6 Å². The fourth-order valence-electron chi connectivity index (χ4n) is 2.13. The molecule has 1 heterocycles. The number of hydrogen-bond donors (Lipinski definition) is 1. The third-order valence-electron chi connectivity index (χ3n) is 3.17. The number of rotatable bonds is 3. The van der Waals surface area contributed by atoms with Gasteiger partial charge in [0.05, 0.1) is 17.1 Å². The van der Waals surface area contributed by atoms with Gasteiger partial charge in [-0.25, -0.2) is 13.1 Å². The van der Waals surface area contributed by atoms with Gasteiger partial charge in [0.2, 0.25) is 15.9 Å². The molecule has 1 amide bonds. The monoisotopic (exact) mass is 298 g/mol. The molecule has 1 aliphatic rings. The van der Waals surface area contributed by atoms with Crippen molar-refractivity contribution in [3.05, 3.63) is 18.2 Å². The van der Waals surface area contributed by atoms with Crippen molar-refractivity contribution in [2.45, 2.75) is 31.3 Å². The van der Waals surface area contributed by atoms with Crippen LogP contribution in [0.2, 0.25) is 0 Å². The van der Waals surface area contributed by atoms with Crippen molar-refractivity contribution in [1.29, 1.82) is 0 Å².